The van der Waals surface area contributed by atoms with Crippen molar-refractivity contribution in [1.82, 2.24) is 14.4 Å². The van der Waals surface area contributed by atoms with Gasteiger partial charge in [-0.05, 0) is 36.1 Å². The van der Waals surface area contributed by atoms with E-state index in [0.717, 1.165) is 28.0 Å². The Hall–Kier alpha value is -3.81. The molecule has 0 N–H and O–H groups in total. The van der Waals surface area contributed by atoms with Gasteiger partial charge in [-0.15, -0.1) is 0 Å². The number of hydrogen-bond acceptors (Lipinski definition) is 5. The van der Waals surface area contributed by atoms with E-state index in [-0.39, 0.29) is 18.1 Å². The summed E-state index contributed by atoms with van der Waals surface area (Å²) in [6.45, 7) is 4.26. The first-order valence-corrected chi connectivity index (χ1v) is 14.2. The quantitative estimate of drug-likeness (QED) is 0.159. The fourth-order valence-corrected chi connectivity index (χ4v) is 6.45. The van der Waals surface area contributed by atoms with Crippen molar-refractivity contribution in [3.05, 3.63) is 149 Å². The molecule has 0 bridgehead atoms. The lowest BCUT2D eigenvalue weighted by molar-refractivity contribution is -0.147. The summed E-state index contributed by atoms with van der Waals surface area (Å²) in [5, 5.41) is 0.364. The molecule has 1 aliphatic carbocycles. The van der Waals surface area contributed by atoms with E-state index < -0.39 is 11.4 Å². The number of fused-ring (bicyclic) bond motifs is 2. The first-order chi connectivity index (χ1) is 20.0. The topological polar surface area (TPSA) is 57.9 Å². The number of nitrogens with zero attached hydrogens (tertiary/aromatic N) is 3. The van der Waals surface area contributed by atoms with E-state index in [2.05, 4.69) is 88.8 Å². The molecule has 7 rings (SSSR count). The van der Waals surface area contributed by atoms with Crippen LogP contribution in [0.3, 0.4) is 0 Å². The Morgan fingerprint density at radius 2 is 1.44 bits per heavy atom. The normalized spacial score (nSPS) is 21.6. The number of imidazole rings is 1. The van der Waals surface area contributed by atoms with Crippen LogP contribution in [-0.2, 0) is 19.8 Å². The minimum Gasteiger partial charge on any atom is -0.356 e. The summed E-state index contributed by atoms with van der Waals surface area (Å²) in [5.41, 5.74) is 4.94. The van der Waals surface area contributed by atoms with E-state index >= 15 is 0 Å². The SMILES string of the molecule is CC1(C)O[C@@H]2[C@H](O1)C(COC(c1ccccc1)(c1ccccc1)c1ccccc1)=C[C@H]2c1cnc2c(Cl)nccn12. The average Bonchev–Trinajstić information content (AvgIpc) is 3.67. The largest absolute Gasteiger partial charge is 0.356 e. The highest BCUT2D eigenvalue weighted by Gasteiger charge is 2.51. The van der Waals surface area contributed by atoms with Crippen LogP contribution in [0.15, 0.2) is 121 Å². The summed E-state index contributed by atoms with van der Waals surface area (Å²) >= 11 is 6.35. The Labute approximate surface area is 244 Å². The van der Waals surface area contributed by atoms with Crippen molar-refractivity contribution in [3.63, 3.8) is 0 Å². The highest BCUT2D eigenvalue weighted by Crippen LogP contribution is 2.47. The lowest BCUT2D eigenvalue weighted by atomic mass is 9.80. The molecular formula is C34H30ClN3O3. The smallest absolute Gasteiger partial charge is 0.175 e. The lowest BCUT2D eigenvalue weighted by Crippen LogP contribution is -2.35. The maximum absolute atomic E-state index is 7.16. The van der Waals surface area contributed by atoms with Crippen LogP contribution in [0.1, 0.15) is 42.1 Å². The standard InChI is InChI=1S/C34H30ClN3O3/c1-33(2)40-29-23(20-27(30(29)41-33)28-21-37-32-31(35)36-18-19-38(28)32)22-39-34(24-12-6-3-7-13-24,25-14-8-4-9-15-25)26-16-10-5-11-17-26/h3-21,27,29-30H,22H2,1-2H3/t27-,29+,30-/m0/s1. The molecule has 0 saturated carbocycles. The van der Waals surface area contributed by atoms with Gasteiger partial charge in [0.1, 0.15) is 17.8 Å². The number of hydrogen-bond donors (Lipinski definition) is 0. The van der Waals surface area contributed by atoms with Crippen molar-refractivity contribution < 1.29 is 14.2 Å². The highest BCUT2D eigenvalue weighted by atomic mass is 35.5. The minimum absolute atomic E-state index is 0.103. The lowest BCUT2D eigenvalue weighted by Gasteiger charge is -2.36. The van der Waals surface area contributed by atoms with Gasteiger partial charge >= 0.3 is 0 Å². The number of ether oxygens (including phenoxy) is 3. The molecule has 2 aromatic heterocycles. The molecule has 3 atom stereocenters. The average molecular weight is 564 g/mol. The first-order valence-electron chi connectivity index (χ1n) is 13.8. The van der Waals surface area contributed by atoms with Crippen LogP contribution in [0.25, 0.3) is 5.65 Å². The van der Waals surface area contributed by atoms with Gasteiger partial charge < -0.3 is 14.2 Å². The molecule has 0 amide bonds. The Morgan fingerprint density at radius 3 is 2.02 bits per heavy atom. The third-order valence-corrected chi connectivity index (χ3v) is 8.26. The molecule has 1 saturated heterocycles. The van der Waals surface area contributed by atoms with Crippen molar-refractivity contribution >= 4 is 17.2 Å². The van der Waals surface area contributed by atoms with Gasteiger partial charge in [-0.3, -0.25) is 4.40 Å². The minimum atomic E-state index is -0.838. The predicted molar refractivity (Wildman–Crippen MR) is 158 cm³/mol. The molecule has 6 nitrogen and oxygen atoms in total. The Balaban J connectivity index is 1.33. The van der Waals surface area contributed by atoms with Crippen molar-refractivity contribution in [2.45, 2.75) is 43.4 Å². The molecule has 5 aromatic rings. The molecule has 3 aromatic carbocycles. The summed E-state index contributed by atoms with van der Waals surface area (Å²) in [6.07, 6.45) is 7.14. The zero-order valence-electron chi connectivity index (χ0n) is 22.9. The molecule has 41 heavy (non-hydrogen) atoms. The fourth-order valence-electron chi connectivity index (χ4n) is 6.26. The van der Waals surface area contributed by atoms with Crippen molar-refractivity contribution in [2.24, 2.45) is 0 Å². The third-order valence-electron chi connectivity index (χ3n) is 7.99. The number of benzene rings is 3. The fraction of sp³-hybridized carbons (Fsp3) is 0.235. The van der Waals surface area contributed by atoms with Gasteiger partial charge in [0.25, 0.3) is 0 Å². The van der Waals surface area contributed by atoms with E-state index in [9.17, 15) is 0 Å². The zero-order chi connectivity index (χ0) is 28.0. The maximum Gasteiger partial charge on any atom is 0.175 e. The summed E-state index contributed by atoms with van der Waals surface area (Å²) < 4.78 is 22.1. The molecule has 3 heterocycles. The summed E-state index contributed by atoms with van der Waals surface area (Å²) in [4.78, 5) is 8.74. The number of rotatable bonds is 7. The second-order valence-corrected chi connectivity index (χ2v) is 11.3. The van der Waals surface area contributed by atoms with Crippen molar-refractivity contribution in [1.29, 1.82) is 0 Å². The molecule has 0 spiro atoms. The summed E-state index contributed by atoms with van der Waals surface area (Å²) in [7, 11) is 0. The third kappa shape index (κ3) is 4.48. The van der Waals surface area contributed by atoms with Gasteiger partial charge in [-0.2, -0.15) is 0 Å². The van der Waals surface area contributed by atoms with Crippen LogP contribution in [0.2, 0.25) is 5.15 Å². The molecule has 0 radical (unpaired) electrons. The molecule has 1 aliphatic heterocycles. The molecule has 1 fully saturated rings. The number of halogens is 1. The van der Waals surface area contributed by atoms with E-state index in [1.54, 1.807) is 6.20 Å². The summed E-state index contributed by atoms with van der Waals surface area (Å²) in [6, 6.07) is 31.2. The van der Waals surface area contributed by atoms with Crippen LogP contribution < -0.4 is 0 Å². The van der Waals surface area contributed by atoms with E-state index in [0.29, 0.717) is 17.4 Å². The monoisotopic (exact) mass is 563 g/mol. The van der Waals surface area contributed by atoms with Gasteiger partial charge in [-0.25, -0.2) is 9.97 Å². The molecule has 0 unspecified atom stereocenters. The second kappa shape index (κ2) is 10.2. The van der Waals surface area contributed by atoms with Crippen LogP contribution in [0.4, 0.5) is 0 Å². The van der Waals surface area contributed by atoms with Gasteiger partial charge in [0.2, 0.25) is 0 Å². The van der Waals surface area contributed by atoms with Crippen molar-refractivity contribution in [2.75, 3.05) is 6.61 Å². The second-order valence-electron chi connectivity index (χ2n) is 11.0. The number of aromatic nitrogens is 3. The molecule has 2 aliphatic rings. The van der Waals surface area contributed by atoms with Crippen LogP contribution >= 0.6 is 11.6 Å². The predicted octanol–water partition coefficient (Wildman–Crippen LogP) is 6.94. The molecular weight excluding hydrogens is 534 g/mol. The van der Waals surface area contributed by atoms with Crippen LogP contribution in [0.5, 0.6) is 0 Å². The van der Waals surface area contributed by atoms with Gasteiger partial charge in [0, 0.05) is 18.3 Å². The van der Waals surface area contributed by atoms with E-state index in [4.69, 9.17) is 25.8 Å². The Bertz CT molecular complexity index is 1610. The van der Waals surface area contributed by atoms with E-state index in [1.165, 1.54) is 0 Å². The Morgan fingerprint density at radius 1 is 0.854 bits per heavy atom. The van der Waals surface area contributed by atoms with Crippen molar-refractivity contribution in [3.8, 4) is 0 Å². The van der Waals surface area contributed by atoms with Crippen LogP contribution in [-0.4, -0.2) is 39.0 Å². The van der Waals surface area contributed by atoms with Crippen LogP contribution in [0, 0.1) is 0 Å². The Kier molecular flexibility index (Phi) is 6.51. The van der Waals surface area contributed by atoms with Gasteiger partial charge in [0.05, 0.1) is 18.5 Å². The summed E-state index contributed by atoms with van der Waals surface area (Å²) in [5.74, 6) is -0.837. The first kappa shape index (κ1) is 26.1. The van der Waals surface area contributed by atoms with E-state index in [1.807, 2.05) is 48.8 Å². The zero-order valence-corrected chi connectivity index (χ0v) is 23.6. The molecule has 7 heteroatoms. The van der Waals surface area contributed by atoms with Gasteiger partial charge in [0.15, 0.2) is 16.6 Å². The molecule has 206 valence electrons. The maximum atomic E-state index is 7.16. The highest BCUT2D eigenvalue weighted by molar-refractivity contribution is 6.32. The van der Waals surface area contributed by atoms with Gasteiger partial charge in [-0.1, -0.05) is 109 Å².